The minimum absolute atomic E-state index is 0.0874. The molecule has 0 atom stereocenters. The van der Waals surface area contributed by atoms with Crippen LogP contribution in [0.1, 0.15) is 38.2 Å². The lowest BCUT2D eigenvalue weighted by molar-refractivity contribution is 0.0598. The van der Waals surface area contributed by atoms with Gasteiger partial charge in [-0.25, -0.2) is 4.79 Å². The van der Waals surface area contributed by atoms with Crippen LogP contribution in [0, 0.1) is 6.92 Å². The van der Waals surface area contributed by atoms with Crippen molar-refractivity contribution in [1.29, 1.82) is 0 Å². The number of ether oxygens (including phenoxy) is 1. The molecule has 0 aliphatic carbocycles. The topological polar surface area (TPSA) is 66.8 Å². The van der Waals surface area contributed by atoms with Crippen LogP contribution in [0.15, 0.2) is 84.9 Å². The summed E-state index contributed by atoms with van der Waals surface area (Å²) in [5, 5.41) is 19.8. The number of aliphatic hydroxyl groups is 2. The Hall–Kier alpha value is -3.47. The first kappa shape index (κ1) is 24.2. The summed E-state index contributed by atoms with van der Waals surface area (Å²) in [5.74, 6) is -0.391. The van der Waals surface area contributed by atoms with Crippen LogP contribution in [0.4, 0.5) is 0 Å². The van der Waals surface area contributed by atoms with E-state index in [0.717, 1.165) is 39.0 Å². The average Bonchev–Trinajstić information content (AvgIpc) is 2.85. The lowest BCUT2D eigenvalue weighted by atomic mass is 9.92. The number of benzene rings is 3. The standard InChI is InChI=1S/C29H30O4/c1-21-17-24(13-15-26(19-30)22-9-5-3-6-10-22)28(29(32)33-2)25(18-21)14-16-27(20-31)23-11-7-4-8-12-23/h3-12,15-18,30-31H,13-14,19-20H2,1-2H3/b26-15+,27-16?. The molecule has 0 heterocycles. The Balaban J connectivity index is 1.99. The van der Waals surface area contributed by atoms with Crippen molar-refractivity contribution in [2.24, 2.45) is 0 Å². The number of aryl methyl sites for hydroxylation is 1. The molecule has 0 aromatic heterocycles. The molecule has 4 nitrogen and oxygen atoms in total. The van der Waals surface area contributed by atoms with Crippen LogP contribution in [-0.2, 0) is 17.6 Å². The van der Waals surface area contributed by atoms with E-state index >= 15 is 0 Å². The van der Waals surface area contributed by atoms with E-state index in [-0.39, 0.29) is 13.2 Å². The summed E-state index contributed by atoms with van der Waals surface area (Å²) in [6.45, 7) is 1.82. The Bertz CT molecular complexity index is 1050. The van der Waals surface area contributed by atoms with Gasteiger partial charge in [-0.1, -0.05) is 90.5 Å². The highest BCUT2D eigenvalue weighted by Gasteiger charge is 2.17. The van der Waals surface area contributed by atoms with Gasteiger partial charge in [-0.15, -0.1) is 0 Å². The second kappa shape index (κ2) is 12.0. The van der Waals surface area contributed by atoms with Crippen molar-refractivity contribution in [2.75, 3.05) is 20.3 Å². The van der Waals surface area contributed by atoms with Crippen LogP contribution in [0.5, 0.6) is 0 Å². The Kier molecular flexibility index (Phi) is 8.76. The van der Waals surface area contributed by atoms with Gasteiger partial charge in [0.15, 0.2) is 0 Å². The number of hydrogen-bond donors (Lipinski definition) is 2. The average molecular weight is 443 g/mol. The van der Waals surface area contributed by atoms with Crippen molar-refractivity contribution in [2.45, 2.75) is 19.8 Å². The second-order valence-corrected chi connectivity index (χ2v) is 7.87. The number of hydrogen-bond acceptors (Lipinski definition) is 4. The molecule has 0 aliphatic rings. The molecule has 0 fully saturated rings. The predicted molar refractivity (Wildman–Crippen MR) is 133 cm³/mol. The first-order valence-corrected chi connectivity index (χ1v) is 11.0. The van der Waals surface area contributed by atoms with E-state index in [4.69, 9.17) is 4.74 Å². The number of methoxy groups -OCH3 is 1. The molecule has 170 valence electrons. The molecule has 0 aliphatic heterocycles. The van der Waals surface area contributed by atoms with Gasteiger partial charge in [0.25, 0.3) is 0 Å². The molecule has 3 aromatic carbocycles. The largest absolute Gasteiger partial charge is 0.465 e. The van der Waals surface area contributed by atoms with Crippen molar-refractivity contribution < 1.29 is 19.7 Å². The van der Waals surface area contributed by atoms with E-state index in [1.54, 1.807) is 0 Å². The number of esters is 1. The van der Waals surface area contributed by atoms with Crippen molar-refractivity contribution in [1.82, 2.24) is 0 Å². The number of aliphatic hydroxyl groups excluding tert-OH is 2. The van der Waals surface area contributed by atoms with Crippen LogP contribution < -0.4 is 0 Å². The molecular formula is C29H30O4. The van der Waals surface area contributed by atoms with E-state index in [2.05, 4.69) is 0 Å². The van der Waals surface area contributed by atoms with E-state index in [1.165, 1.54) is 7.11 Å². The molecule has 3 rings (SSSR count). The zero-order valence-corrected chi connectivity index (χ0v) is 19.1. The maximum absolute atomic E-state index is 12.8. The summed E-state index contributed by atoms with van der Waals surface area (Å²) in [7, 11) is 1.38. The summed E-state index contributed by atoms with van der Waals surface area (Å²) in [4.78, 5) is 12.8. The van der Waals surface area contributed by atoms with Crippen molar-refractivity contribution >= 4 is 17.1 Å². The van der Waals surface area contributed by atoms with Gasteiger partial charge in [0.1, 0.15) is 0 Å². The third kappa shape index (κ3) is 6.28. The van der Waals surface area contributed by atoms with Crippen molar-refractivity contribution in [3.8, 4) is 0 Å². The molecule has 0 saturated heterocycles. The minimum Gasteiger partial charge on any atom is -0.465 e. The Morgan fingerprint density at radius 2 is 1.21 bits per heavy atom. The molecule has 2 N–H and O–H groups in total. The third-order valence-corrected chi connectivity index (χ3v) is 5.60. The van der Waals surface area contributed by atoms with Crippen LogP contribution in [0.2, 0.25) is 0 Å². The maximum Gasteiger partial charge on any atom is 0.338 e. The normalized spacial score (nSPS) is 12.0. The highest BCUT2D eigenvalue weighted by Crippen LogP contribution is 2.24. The summed E-state index contributed by atoms with van der Waals surface area (Å²) < 4.78 is 5.11. The highest BCUT2D eigenvalue weighted by atomic mass is 16.5. The van der Waals surface area contributed by atoms with Gasteiger partial charge < -0.3 is 14.9 Å². The monoisotopic (exact) mass is 442 g/mol. The lowest BCUT2D eigenvalue weighted by Gasteiger charge is -2.14. The molecular weight excluding hydrogens is 412 g/mol. The lowest BCUT2D eigenvalue weighted by Crippen LogP contribution is -2.11. The first-order valence-electron chi connectivity index (χ1n) is 11.0. The van der Waals surface area contributed by atoms with Gasteiger partial charge in [0, 0.05) is 0 Å². The molecule has 4 heteroatoms. The van der Waals surface area contributed by atoms with Gasteiger partial charge in [-0.05, 0) is 53.2 Å². The molecule has 0 unspecified atom stereocenters. The number of carbonyl (C=O) groups excluding carboxylic acids is 1. The molecule has 0 bridgehead atoms. The highest BCUT2D eigenvalue weighted by molar-refractivity contribution is 5.93. The van der Waals surface area contributed by atoms with Gasteiger partial charge in [-0.2, -0.15) is 0 Å². The summed E-state index contributed by atoms with van der Waals surface area (Å²) in [5.41, 5.74) is 6.77. The number of carbonyl (C=O) groups is 1. The molecule has 0 radical (unpaired) electrons. The SMILES string of the molecule is COC(=O)c1c(CC=C(CO)c2ccccc2)cc(C)cc1C/C=C(\CO)c1ccccc1. The quantitative estimate of drug-likeness (QED) is 0.457. The zero-order valence-electron chi connectivity index (χ0n) is 19.1. The van der Waals surface area contributed by atoms with E-state index in [1.807, 2.05) is 91.9 Å². The fraction of sp³-hybridized carbons (Fsp3) is 0.207. The fourth-order valence-electron chi connectivity index (χ4n) is 3.95. The molecule has 0 amide bonds. The van der Waals surface area contributed by atoms with Crippen LogP contribution in [-0.4, -0.2) is 36.5 Å². The molecule has 0 spiro atoms. The summed E-state index contributed by atoms with van der Waals surface area (Å²) >= 11 is 0. The molecule has 33 heavy (non-hydrogen) atoms. The molecule has 0 saturated carbocycles. The smallest absolute Gasteiger partial charge is 0.338 e. The third-order valence-electron chi connectivity index (χ3n) is 5.60. The van der Waals surface area contributed by atoms with Gasteiger partial charge in [-0.3, -0.25) is 0 Å². The van der Waals surface area contributed by atoms with Crippen LogP contribution in [0.25, 0.3) is 11.1 Å². The zero-order chi connectivity index (χ0) is 23.6. The summed E-state index contributed by atoms with van der Waals surface area (Å²) in [6, 6.07) is 23.4. The van der Waals surface area contributed by atoms with Crippen molar-refractivity contribution in [3.63, 3.8) is 0 Å². The Morgan fingerprint density at radius 1 is 0.788 bits per heavy atom. The van der Waals surface area contributed by atoms with Crippen LogP contribution >= 0.6 is 0 Å². The second-order valence-electron chi connectivity index (χ2n) is 7.87. The fourth-order valence-corrected chi connectivity index (χ4v) is 3.95. The first-order chi connectivity index (χ1) is 16.1. The van der Waals surface area contributed by atoms with E-state index in [0.29, 0.717) is 18.4 Å². The van der Waals surface area contributed by atoms with E-state index < -0.39 is 5.97 Å². The molecule has 3 aromatic rings. The van der Waals surface area contributed by atoms with Gasteiger partial charge in [0.2, 0.25) is 0 Å². The maximum atomic E-state index is 12.8. The van der Waals surface area contributed by atoms with Crippen molar-refractivity contribution in [3.05, 3.63) is 118 Å². The van der Waals surface area contributed by atoms with E-state index in [9.17, 15) is 15.0 Å². The Labute approximate surface area is 195 Å². The number of allylic oxidation sites excluding steroid dienone is 2. The summed E-state index contributed by atoms with van der Waals surface area (Å²) in [6.07, 6.45) is 4.89. The Morgan fingerprint density at radius 3 is 1.58 bits per heavy atom. The minimum atomic E-state index is -0.391. The van der Waals surface area contributed by atoms with Crippen LogP contribution in [0.3, 0.4) is 0 Å². The predicted octanol–water partition coefficient (Wildman–Crippen LogP) is 5.02. The van der Waals surface area contributed by atoms with Gasteiger partial charge in [0.05, 0.1) is 25.9 Å². The number of rotatable bonds is 9. The van der Waals surface area contributed by atoms with Gasteiger partial charge >= 0.3 is 5.97 Å².